The summed E-state index contributed by atoms with van der Waals surface area (Å²) in [7, 11) is 0. The van der Waals surface area contributed by atoms with Gasteiger partial charge in [-0.15, -0.1) is 11.6 Å². The van der Waals surface area contributed by atoms with E-state index < -0.39 is 16.1 Å². The van der Waals surface area contributed by atoms with Crippen LogP contribution in [0.3, 0.4) is 0 Å². The molecule has 1 unspecified atom stereocenters. The summed E-state index contributed by atoms with van der Waals surface area (Å²) < 4.78 is 13.5. The van der Waals surface area contributed by atoms with Crippen LogP contribution >= 0.6 is 23.2 Å². The van der Waals surface area contributed by atoms with E-state index in [1.54, 1.807) is 0 Å². The van der Waals surface area contributed by atoms with Crippen LogP contribution in [0.2, 0.25) is 5.02 Å². The summed E-state index contributed by atoms with van der Waals surface area (Å²) in [5.41, 5.74) is 0.817. The minimum atomic E-state index is -0.691. The summed E-state index contributed by atoms with van der Waals surface area (Å²) in [6.45, 7) is 0. The molecule has 2 rings (SSSR count). The number of alkyl halides is 1. The SMILES string of the molecule is O=[N+]([O-])c1cc(Cl)c(F)cc1CC(Cl)c1ccccc1. The molecule has 1 atom stereocenters. The van der Waals surface area contributed by atoms with Gasteiger partial charge in [0.15, 0.2) is 0 Å². The zero-order valence-electron chi connectivity index (χ0n) is 10.2. The minimum Gasteiger partial charge on any atom is -0.258 e. The van der Waals surface area contributed by atoms with Crippen LogP contribution in [0, 0.1) is 15.9 Å². The molecule has 0 saturated carbocycles. The van der Waals surface area contributed by atoms with Crippen LogP contribution < -0.4 is 0 Å². The Balaban J connectivity index is 2.33. The highest BCUT2D eigenvalue weighted by molar-refractivity contribution is 6.31. The molecular weight excluding hydrogens is 304 g/mol. The number of nitrogens with zero attached hydrogens (tertiary/aromatic N) is 1. The molecule has 0 aliphatic carbocycles. The summed E-state index contributed by atoms with van der Waals surface area (Å²) >= 11 is 11.8. The molecule has 0 aliphatic rings. The van der Waals surface area contributed by atoms with Gasteiger partial charge in [0.25, 0.3) is 5.69 Å². The van der Waals surface area contributed by atoms with E-state index in [0.717, 1.165) is 17.7 Å². The lowest BCUT2D eigenvalue weighted by Gasteiger charge is -2.10. The van der Waals surface area contributed by atoms with Crippen LogP contribution in [-0.4, -0.2) is 4.92 Å². The summed E-state index contributed by atoms with van der Waals surface area (Å²) in [6.07, 6.45) is 0.149. The van der Waals surface area contributed by atoms with Gasteiger partial charge in [-0.25, -0.2) is 4.39 Å². The van der Waals surface area contributed by atoms with Crippen LogP contribution in [0.4, 0.5) is 10.1 Å². The predicted octanol–water partition coefficient (Wildman–Crippen LogP) is 4.91. The number of hydrogen-bond donors (Lipinski definition) is 0. The Morgan fingerprint density at radius 2 is 1.90 bits per heavy atom. The van der Waals surface area contributed by atoms with Crippen LogP contribution in [-0.2, 0) is 6.42 Å². The second-order valence-corrected chi connectivity index (χ2v) is 5.17. The van der Waals surface area contributed by atoms with E-state index in [2.05, 4.69) is 0 Å². The quantitative estimate of drug-likeness (QED) is 0.457. The maximum atomic E-state index is 13.5. The predicted molar refractivity (Wildman–Crippen MR) is 76.8 cm³/mol. The van der Waals surface area contributed by atoms with E-state index in [9.17, 15) is 14.5 Å². The van der Waals surface area contributed by atoms with E-state index in [4.69, 9.17) is 23.2 Å². The van der Waals surface area contributed by atoms with Gasteiger partial charge in [-0.1, -0.05) is 41.9 Å². The van der Waals surface area contributed by atoms with Gasteiger partial charge >= 0.3 is 0 Å². The Morgan fingerprint density at radius 3 is 2.50 bits per heavy atom. The molecule has 20 heavy (non-hydrogen) atoms. The average Bonchev–Trinajstić information content (AvgIpc) is 2.43. The molecule has 2 aromatic rings. The molecule has 0 aromatic heterocycles. The Morgan fingerprint density at radius 1 is 1.25 bits per heavy atom. The fourth-order valence-electron chi connectivity index (χ4n) is 1.88. The van der Waals surface area contributed by atoms with E-state index in [-0.39, 0.29) is 22.7 Å². The number of hydrogen-bond acceptors (Lipinski definition) is 2. The largest absolute Gasteiger partial charge is 0.274 e. The third kappa shape index (κ3) is 3.26. The molecule has 104 valence electrons. The smallest absolute Gasteiger partial charge is 0.258 e. The average molecular weight is 314 g/mol. The number of benzene rings is 2. The van der Waals surface area contributed by atoms with Crippen molar-refractivity contribution in [1.29, 1.82) is 0 Å². The third-order valence-electron chi connectivity index (χ3n) is 2.88. The van der Waals surface area contributed by atoms with Crippen molar-refractivity contribution in [3.8, 4) is 0 Å². The topological polar surface area (TPSA) is 43.1 Å². The Kier molecular flexibility index (Phi) is 4.57. The summed E-state index contributed by atoms with van der Waals surface area (Å²) in [6, 6.07) is 11.2. The Labute approximate surface area is 125 Å². The molecule has 0 saturated heterocycles. The zero-order valence-corrected chi connectivity index (χ0v) is 11.7. The van der Waals surface area contributed by atoms with Gasteiger partial charge < -0.3 is 0 Å². The molecule has 3 nitrogen and oxygen atoms in total. The summed E-state index contributed by atoms with van der Waals surface area (Å²) in [5.74, 6) is -0.691. The molecule has 0 spiro atoms. The molecule has 0 fully saturated rings. The molecule has 0 bridgehead atoms. The third-order valence-corrected chi connectivity index (χ3v) is 3.57. The van der Waals surface area contributed by atoms with Gasteiger partial charge in [0.2, 0.25) is 0 Å². The molecule has 6 heteroatoms. The molecule has 0 radical (unpaired) electrons. The molecule has 0 N–H and O–H groups in total. The second kappa shape index (κ2) is 6.20. The maximum Gasteiger partial charge on any atom is 0.274 e. The highest BCUT2D eigenvalue weighted by Crippen LogP contribution is 2.32. The van der Waals surface area contributed by atoms with E-state index >= 15 is 0 Å². The summed E-state index contributed by atoms with van der Waals surface area (Å²) in [4.78, 5) is 10.4. The van der Waals surface area contributed by atoms with Crippen molar-refractivity contribution in [1.82, 2.24) is 0 Å². The normalized spacial score (nSPS) is 12.2. The van der Waals surface area contributed by atoms with Crippen molar-refractivity contribution >= 4 is 28.9 Å². The lowest BCUT2D eigenvalue weighted by molar-refractivity contribution is -0.385. The first kappa shape index (κ1) is 14.8. The van der Waals surface area contributed by atoms with Crippen LogP contribution in [0.5, 0.6) is 0 Å². The van der Waals surface area contributed by atoms with Gasteiger partial charge in [-0.05, 0) is 18.1 Å². The number of nitro benzene ring substituents is 1. The van der Waals surface area contributed by atoms with E-state index in [1.165, 1.54) is 0 Å². The number of nitro groups is 1. The molecule has 2 aromatic carbocycles. The van der Waals surface area contributed by atoms with Crippen LogP contribution in [0.15, 0.2) is 42.5 Å². The molecular formula is C14H10Cl2FNO2. The first-order valence-corrected chi connectivity index (χ1v) is 6.62. The Hall–Kier alpha value is -1.65. The van der Waals surface area contributed by atoms with Crippen molar-refractivity contribution in [2.24, 2.45) is 0 Å². The van der Waals surface area contributed by atoms with Crippen molar-refractivity contribution in [2.75, 3.05) is 0 Å². The van der Waals surface area contributed by atoms with Gasteiger partial charge in [0, 0.05) is 11.6 Å². The van der Waals surface area contributed by atoms with Crippen molar-refractivity contribution < 1.29 is 9.31 Å². The monoisotopic (exact) mass is 313 g/mol. The fraction of sp³-hybridized carbons (Fsp3) is 0.143. The van der Waals surface area contributed by atoms with Crippen LogP contribution in [0.25, 0.3) is 0 Å². The van der Waals surface area contributed by atoms with Gasteiger partial charge in [-0.2, -0.15) is 0 Å². The maximum absolute atomic E-state index is 13.5. The van der Waals surface area contributed by atoms with Gasteiger partial charge in [-0.3, -0.25) is 10.1 Å². The van der Waals surface area contributed by atoms with Crippen molar-refractivity contribution in [3.63, 3.8) is 0 Å². The lowest BCUT2D eigenvalue weighted by Crippen LogP contribution is -2.01. The highest BCUT2D eigenvalue weighted by Gasteiger charge is 2.20. The van der Waals surface area contributed by atoms with Gasteiger partial charge in [0.05, 0.1) is 15.3 Å². The highest BCUT2D eigenvalue weighted by atomic mass is 35.5. The fourth-order valence-corrected chi connectivity index (χ4v) is 2.35. The van der Waals surface area contributed by atoms with E-state index in [0.29, 0.717) is 0 Å². The summed E-state index contributed by atoms with van der Waals surface area (Å²) in [5, 5.41) is 10.2. The molecule has 0 amide bonds. The molecule has 0 aliphatic heterocycles. The number of rotatable bonds is 4. The van der Waals surface area contributed by atoms with Crippen molar-refractivity contribution in [3.05, 3.63) is 74.5 Å². The van der Waals surface area contributed by atoms with E-state index in [1.807, 2.05) is 30.3 Å². The second-order valence-electron chi connectivity index (χ2n) is 4.23. The first-order valence-electron chi connectivity index (χ1n) is 5.80. The molecule has 0 heterocycles. The number of halogens is 3. The first-order chi connectivity index (χ1) is 9.49. The Bertz CT molecular complexity index is 635. The standard InChI is InChI=1S/C14H10Cl2FNO2/c15-11(9-4-2-1-3-5-9)6-10-7-13(17)12(16)8-14(10)18(19)20/h1-5,7-8,11H,6H2. The van der Waals surface area contributed by atoms with Crippen molar-refractivity contribution in [2.45, 2.75) is 11.8 Å². The van der Waals surface area contributed by atoms with Crippen LogP contribution in [0.1, 0.15) is 16.5 Å². The minimum absolute atomic E-state index is 0.149. The lowest BCUT2D eigenvalue weighted by atomic mass is 10.0. The zero-order chi connectivity index (χ0) is 14.7. The van der Waals surface area contributed by atoms with Gasteiger partial charge in [0.1, 0.15) is 5.82 Å².